The van der Waals surface area contributed by atoms with Gasteiger partial charge in [-0.1, -0.05) is 48.6 Å². The van der Waals surface area contributed by atoms with Crippen molar-refractivity contribution in [2.45, 2.75) is 18.8 Å². The largest absolute Gasteiger partial charge is 0.370 e. The fraction of sp³-hybridized carbons (Fsp3) is 0.235. The molecule has 3 atom stereocenters. The highest BCUT2D eigenvalue weighted by atomic mass is 16.5. The van der Waals surface area contributed by atoms with Crippen LogP contribution in [0.25, 0.3) is 0 Å². The van der Waals surface area contributed by atoms with Gasteiger partial charge in [-0.15, -0.1) is 0 Å². The van der Waals surface area contributed by atoms with Gasteiger partial charge in [0.1, 0.15) is 12.0 Å². The van der Waals surface area contributed by atoms with Gasteiger partial charge < -0.3 is 10.5 Å². The lowest BCUT2D eigenvalue weighted by atomic mass is 9.87. The van der Waals surface area contributed by atoms with Gasteiger partial charge in [0.25, 0.3) is 0 Å². The van der Waals surface area contributed by atoms with Crippen molar-refractivity contribution in [3.05, 3.63) is 65.8 Å². The van der Waals surface area contributed by atoms with E-state index in [0.717, 1.165) is 5.56 Å². The molecule has 0 saturated heterocycles. The number of nitrogens with zero attached hydrogens (tertiary/aromatic N) is 1. The molecule has 0 amide bonds. The molecular formula is C17H16N2O2. The Morgan fingerprint density at radius 1 is 1.29 bits per heavy atom. The van der Waals surface area contributed by atoms with Crippen molar-refractivity contribution in [2.24, 2.45) is 11.7 Å². The summed E-state index contributed by atoms with van der Waals surface area (Å²) < 4.78 is 5.82. The summed E-state index contributed by atoms with van der Waals surface area (Å²) in [6, 6.07) is 10.8. The zero-order chi connectivity index (χ0) is 15.1. The van der Waals surface area contributed by atoms with Gasteiger partial charge >= 0.3 is 0 Å². The second kappa shape index (κ2) is 7.37. The molecule has 21 heavy (non-hydrogen) atoms. The first-order valence-electron chi connectivity index (χ1n) is 6.67. The molecule has 4 heteroatoms. The maximum absolute atomic E-state index is 11.0. The van der Waals surface area contributed by atoms with E-state index in [2.05, 4.69) is 0 Å². The topological polar surface area (TPSA) is 76.1 Å². The van der Waals surface area contributed by atoms with Gasteiger partial charge in [-0.2, -0.15) is 5.26 Å². The van der Waals surface area contributed by atoms with Gasteiger partial charge in [-0.25, -0.2) is 4.79 Å². The van der Waals surface area contributed by atoms with Gasteiger partial charge in [0.05, 0.1) is 18.8 Å². The molecule has 0 aromatic heterocycles. The molecule has 0 bridgehead atoms. The zero-order valence-electron chi connectivity index (χ0n) is 11.5. The maximum atomic E-state index is 11.0. The highest BCUT2D eigenvalue weighted by Gasteiger charge is 2.30. The lowest BCUT2D eigenvalue weighted by Crippen LogP contribution is -2.41. The van der Waals surface area contributed by atoms with E-state index in [4.69, 9.17) is 15.7 Å². The molecule has 2 rings (SSSR count). The van der Waals surface area contributed by atoms with Crippen LogP contribution in [0.5, 0.6) is 0 Å². The second-order valence-corrected chi connectivity index (χ2v) is 4.74. The van der Waals surface area contributed by atoms with E-state index >= 15 is 0 Å². The van der Waals surface area contributed by atoms with Crippen LogP contribution in [-0.4, -0.2) is 18.1 Å². The molecule has 0 aliphatic heterocycles. The molecule has 0 heterocycles. The highest BCUT2D eigenvalue weighted by Crippen LogP contribution is 2.25. The molecular weight excluding hydrogens is 264 g/mol. The summed E-state index contributed by atoms with van der Waals surface area (Å²) in [5.41, 5.74) is 7.27. The summed E-state index contributed by atoms with van der Waals surface area (Å²) in [6.45, 7) is 0.334. The van der Waals surface area contributed by atoms with Crippen LogP contribution in [0.2, 0.25) is 0 Å². The fourth-order valence-corrected chi connectivity index (χ4v) is 2.22. The number of rotatable bonds is 5. The summed E-state index contributed by atoms with van der Waals surface area (Å²) >= 11 is 0. The summed E-state index contributed by atoms with van der Waals surface area (Å²) in [4.78, 5) is 11.0. The molecule has 2 N–H and O–H groups in total. The average molecular weight is 280 g/mol. The third-order valence-corrected chi connectivity index (χ3v) is 3.32. The number of nitriles is 1. The molecule has 0 spiro atoms. The van der Waals surface area contributed by atoms with Crippen LogP contribution in [0.4, 0.5) is 0 Å². The Balaban J connectivity index is 2.15. The van der Waals surface area contributed by atoms with Gasteiger partial charge in [0.15, 0.2) is 0 Å². The lowest BCUT2D eigenvalue weighted by molar-refractivity contribution is 0.0163. The Morgan fingerprint density at radius 2 is 2.05 bits per heavy atom. The van der Waals surface area contributed by atoms with Crippen molar-refractivity contribution in [3.8, 4) is 6.07 Å². The summed E-state index contributed by atoms with van der Waals surface area (Å²) in [5, 5.41) is 9.09. The van der Waals surface area contributed by atoms with Crippen molar-refractivity contribution >= 4 is 5.94 Å². The highest BCUT2D eigenvalue weighted by molar-refractivity contribution is 5.61. The monoisotopic (exact) mass is 280 g/mol. The van der Waals surface area contributed by atoms with Crippen molar-refractivity contribution in [1.29, 1.82) is 5.26 Å². The van der Waals surface area contributed by atoms with Gasteiger partial charge in [-0.3, -0.25) is 0 Å². The van der Waals surface area contributed by atoms with Crippen molar-refractivity contribution in [3.63, 3.8) is 0 Å². The first-order valence-corrected chi connectivity index (χ1v) is 6.67. The normalized spacial score (nSPS) is 19.6. The Labute approximate surface area is 123 Å². The molecule has 106 valence electrons. The van der Waals surface area contributed by atoms with E-state index in [1.807, 2.05) is 54.5 Å². The van der Waals surface area contributed by atoms with E-state index in [1.54, 1.807) is 12.2 Å². The number of carbonyl (C=O) groups excluding carboxylic acids is 1. The maximum Gasteiger partial charge on any atom is 0.128 e. The van der Waals surface area contributed by atoms with Crippen LogP contribution in [0.15, 0.2) is 60.2 Å². The van der Waals surface area contributed by atoms with Gasteiger partial charge in [0, 0.05) is 11.5 Å². The minimum Gasteiger partial charge on any atom is -0.370 e. The summed E-state index contributed by atoms with van der Waals surface area (Å²) in [7, 11) is 0. The van der Waals surface area contributed by atoms with Crippen LogP contribution in [0.1, 0.15) is 5.56 Å². The average Bonchev–Trinajstić information content (AvgIpc) is 2.56. The SMILES string of the molecule is N#CC(N)C(OCc1ccccc1)C1C=CC=CC1=C=O. The van der Waals surface area contributed by atoms with Crippen molar-refractivity contribution < 1.29 is 9.53 Å². The number of benzene rings is 1. The second-order valence-electron chi connectivity index (χ2n) is 4.74. The zero-order valence-corrected chi connectivity index (χ0v) is 11.5. The number of ether oxygens (including phenoxy) is 1. The Hall–Kier alpha value is -2.44. The van der Waals surface area contributed by atoms with Crippen LogP contribution < -0.4 is 5.73 Å². The third kappa shape index (κ3) is 3.77. The Kier molecular flexibility index (Phi) is 5.25. The van der Waals surface area contributed by atoms with E-state index in [9.17, 15) is 4.79 Å². The summed E-state index contributed by atoms with van der Waals surface area (Å²) in [5.74, 6) is 1.54. The molecule has 1 aliphatic carbocycles. The smallest absolute Gasteiger partial charge is 0.128 e. The predicted molar refractivity (Wildman–Crippen MR) is 79.6 cm³/mol. The van der Waals surface area contributed by atoms with Crippen LogP contribution >= 0.6 is 0 Å². The predicted octanol–water partition coefficient (Wildman–Crippen LogP) is 1.92. The Bertz CT molecular complexity index is 622. The number of hydrogen-bond donors (Lipinski definition) is 1. The van der Waals surface area contributed by atoms with Crippen LogP contribution in [0.3, 0.4) is 0 Å². The number of hydrogen-bond acceptors (Lipinski definition) is 4. The fourth-order valence-electron chi connectivity index (χ4n) is 2.22. The first kappa shape index (κ1) is 15.0. The number of nitrogens with two attached hydrogens (primary N) is 1. The van der Waals surface area contributed by atoms with Crippen LogP contribution in [0, 0.1) is 17.2 Å². The van der Waals surface area contributed by atoms with Crippen molar-refractivity contribution in [1.82, 2.24) is 0 Å². The number of allylic oxidation sites excluding steroid dienone is 3. The van der Waals surface area contributed by atoms with E-state index in [1.165, 1.54) is 0 Å². The summed E-state index contributed by atoms with van der Waals surface area (Å²) in [6.07, 6.45) is 6.46. The molecule has 0 saturated carbocycles. The van der Waals surface area contributed by atoms with Gasteiger partial charge in [-0.05, 0) is 11.6 Å². The van der Waals surface area contributed by atoms with Crippen molar-refractivity contribution in [2.75, 3.05) is 0 Å². The first-order chi connectivity index (χ1) is 10.3. The lowest BCUT2D eigenvalue weighted by Gasteiger charge is -2.27. The quantitative estimate of drug-likeness (QED) is 0.836. The van der Waals surface area contributed by atoms with E-state index in [-0.39, 0.29) is 5.92 Å². The molecule has 1 aliphatic rings. The molecule has 0 radical (unpaired) electrons. The van der Waals surface area contributed by atoms with E-state index < -0.39 is 12.1 Å². The molecule has 0 fully saturated rings. The minimum absolute atomic E-state index is 0.334. The molecule has 3 unspecified atom stereocenters. The minimum atomic E-state index is -0.821. The third-order valence-electron chi connectivity index (χ3n) is 3.32. The molecule has 1 aromatic carbocycles. The Morgan fingerprint density at radius 3 is 2.71 bits per heavy atom. The van der Waals surface area contributed by atoms with Crippen LogP contribution in [-0.2, 0) is 16.1 Å². The van der Waals surface area contributed by atoms with E-state index in [0.29, 0.717) is 12.2 Å². The standard InChI is InChI=1S/C17H16N2O2/c18-10-16(19)17(15-9-5-4-8-14(15)11-20)21-12-13-6-2-1-3-7-13/h1-9,15-17H,12,19H2. The van der Waals surface area contributed by atoms with Gasteiger partial charge in [0.2, 0.25) is 0 Å². The molecule has 1 aromatic rings. The molecule has 4 nitrogen and oxygen atoms in total.